The molecular weight excluding hydrogens is 241 g/mol. The third-order valence-corrected chi connectivity index (χ3v) is 3.00. The van der Waals surface area contributed by atoms with Crippen LogP contribution < -0.4 is 10.5 Å². The first-order valence-electron chi connectivity index (χ1n) is 6.36. The minimum absolute atomic E-state index is 0.247. The van der Waals surface area contributed by atoms with E-state index in [1.807, 2.05) is 18.2 Å². The lowest BCUT2D eigenvalue weighted by molar-refractivity contribution is 0.473. The van der Waals surface area contributed by atoms with Crippen molar-refractivity contribution in [2.24, 2.45) is 5.73 Å². The maximum atomic E-state index is 13.1. The highest BCUT2D eigenvalue weighted by molar-refractivity contribution is 5.39. The Balaban J connectivity index is 2.28. The standard InChI is InChI=1S/C16H18FNO/c1-11(2)12-4-3-5-15(9-12)19-16-7-6-14(17)8-13(16)10-18/h3-9,11H,10,18H2,1-2H3. The molecule has 2 rings (SSSR count). The van der Waals surface area contributed by atoms with Crippen LogP contribution in [0.3, 0.4) is 0 Å². The molecular formula is C16H18FNO. The topological polar surface area (TPSA) is 35.2 Å². The zero-order valence-corrected chi connectivity index (χ0v) is 11.2. The van der Waals surface area contributed by atoms with E-state index >= 15 is 0 Å². The van der Waals surface area contributed by atoms with Gasteiger partial charge in [0.25, 0.3) is 0 Å². The minimum atomic E-state index is -0.302. The third kappa shape index (κ3) is 3.32. The molecule has 2 N–H and O–H groups in total. The van der Waals surface area contributed by atoms with Crippen molar-refractivity contribution in [3.8, 4) is 11.5 Å². The molecule has 3 heteroatoms. The molecule has 2 aromatic rings. The van der Waals surface area contributed by atoms with Gasteiger partial charge < -0.3 is 10.5 Å². The lowest BCUT2D eigenvalue weighted by atomic mass is 10.0. The normalized spacial score (nSPS) is 10.8. The van der Waals surface area contributed by atoms with E-state index in [9.17, 15) is 4.39 Å². The molecule has 100 valence electrons. The van der Waals surface area contributed by atoms with E-state index in [1.165, 1.54) is 17.7 Å². The smallest absolute Gasteiger partial charge is 0.132 e. The summed E-state index contributed by atoms with van der Waals surface area (Å²) in [6.07, 6.45) is 0. The van der Waals surface area contributed by atoms with Crippen LogP contribution in [0.15, 0.2) is 42.5 Å². The van der Waals surface area contributed by atoms with E-state index in [2.05, 4.69) is 19.9 Å². The molecule has 0 saturated carbocycles. The molecule has 0 aliphatic heterocycles. The maximum Gasteiger partial charge on any atom is 0.132 e. The Labute approximate surface area is 113 Å². The predicted octanol–water partition coefficient (Wildman–Crippen LogP) is 4.20. The van der Waals surface area contributed by atoms with Crippen molar-refractivity contribution in [1.29, 1.82) is 0 Å². The zero-order chi connectivity index (χ0) is 13.8. The van der Waals surface area contributed by atoms with Crippen LogP contribution in [-0.4, -0.2) is 0 Å². The van der Waals surface area contributed by atoms with Crippen LogP contribution in [0, 0.1) is 5.82 Å². The minimum Gasteiger partial charge on any atom is -0.457 e. The van der Waals surface area contributed by atoms with Crippen LogP contribution in [0.25, 0.3) is 0 Å². The van der Waals surface area contributed by atoms with E-state index < -0.39 is 0 Å². The molecule has 19 heavy (non-hydrogen) atoms. The Morgan fingerprint density at radius 2 is 1.95 bits per heavy atom. The number of hydrogen-bond donors (Lipinski definition) is 1. The fraction of sp³-hybridized carbons (Fsp3) is 0.250. The van der Waals surface area contributed by atoms with Crippen molar-refractivity contribution >= 4 is 0 Å². The van der Waals surface area contributed by atoms with Crippen molar-refractivity contribution in [1.82, 2.24) is 0 Å². The Kier molecular flexibility index (Phi) is 4.17. The summed E-state index contributed by atoms with van der Waals surface area (Å²) in [4.78, 5) is 0. The van der Waals surface area contributed by atoms with Crippen molar-refractivity contribution in [3.05, 3.63) is 59.4 Å². The van der Waals surface area contributed by atoms with Crippen molar-refractivity contribution < 1.29 is 9.13 Å². The van der Waals surface area contributed by atoms with Crippen LogP contribution in [0.4, 0.5) is 4.39 Å². The van der Waals surface area contributed by atoms with Crippen molar-refractivity contribution in [2.75, 3.05) is 0 Å². The van der Waals surface area contributed by atoms with Gasteiger partial charge in [0.1, 0.15) is 17.3 Å². The van der Waals surface area contributed by atoms with Crippen LogP contribution in [0.1, 0.15) is 30.9 Å². The van der Waals surface area contributed by atoms with E-state index in [-0.39, 0.29) is 12.4 Å². The van der Waals surface area contributed by atoms with Gasteiger partial charge in [0.15, 0.2) is 0 Å². The summed E-state index contributed by atoms with van der Waals surface area (Å²) >= 11 is 0. The molecule has 0 aromatic heterocycles. The van der Waals surface area contributed by atoms with Crippen molar-refractivity contribution in [3.63, 3.8) is 0 Å². The van der Waals surface area contributed by atoms with Gasteiger partial charge in [-0.15, -0.1) is 0 Å². The second-order valence-electron chi connectivity index (χ2n) is 4.79. The summed E-state index contributed by atoms with van der Waals surface area (Å²) in [5.74, 6) is 1.48. The average Bonchev–Trinajstić information content (AvgIpc) is 2.41. The molecule has 0 atom stereocenters. The third-order valence-electron chi connectivity index (χ3n) is 3.00. The maximum absolute atomic E-state index is 13.1. The quantitative estimate of drug-likeness (QED) is 0.893. The number of rotatable bonds is 4. The fourth-order valence-electron chi connectivity index (χ4n) is 1.87. The second-order valence-corrected chi connectivity index (χ2v) is 4.79. The summed E-state index contributed by atoms with van der Waals surface area (Å²) in [7, 11) is 0. The van der Waals surface area contributed by atoms with Gasteiger partial charge in [0, 0.05) is 12.1 Å². The highest BCUT2D eigenvalue weighted by Crippen LogP contribution is 2.28. The van der Waals surface area contributed by atoms with Gasteiger partial charge in [-0.3, -0.25) is 0 Å². The number of halogens is 1. The lowest BCUT2D eigenvalue weighted by Gasteiger charge is -2.12. The Hall–Kier alpha value is -1.87. The van der Waals surface area contributed by atoms with E-state index in [1.54, 1.807) is 6.07 Å². The summed E-state index contributed by atoms with van der Waals surface area (Å²) in [6.45, 7) is 4.50. The molecule has 0 radical (unpaired) electrons. The molecule has 0 fully saturated rings. The van der Waals surface area contributed by atoms with Gasteiger partial charge in [-0.25, -0.2) is 4.39 Å². The highest BCUT2D eigenvalue weighted by Gasteiger charge is 2.07. The second kappa shape index (κ2) is 5.85. The molecule has 0 bridgehead atoms. The Morgan fingerprint density at radius 3 is 2.63 bits per heavy atom. The monoisotopic (exact) mass is 259 g/mol. The largest absolute Gasteiger partial charge is 0.457 e. The average molecular weight is 259 g/mol. The molecule has 2 aromatic carbocycles. The van der Waals surface area contributed by atoms with Gasteiger partial charge in [-0.05, 0) is 41.8 Å². The Bertz CT molecular complexity index is 566. The zero-order valence-electron chi connectivity index (χ0n) is 11.2. The predicted molar refractivity (Wildman–Crippen MR) is 74.9 cm³/mol. The van der Waals surface area contributed by atoms with Gasteiger partial charge in [-0.2, -0.15) is 0 Å². The number of nitrogens with two attached hydrogens (primary N) is 1. The van der Waals surface area contributed by atoms with Crippen LogP contribution in [0.2, 0.25) is 0 Å². The molecule has 0 unspecified atom stereocenters. The summed E-state index contributed by atoms with van der Waals surface area (Å²) < 4.78 is 18.9. The van der Waals surface area contributed by atoms with Crippen LogP contribution in [0.5, 0.6) is 11.5 Å². The first kappa shape index (κ1) is 13.6. The first-order chi connectivity index (χ1) is 9.10. The van der Waals surface area contributed by atoms with Gasteiger partial charge in [0.05, 0.1) is 0 Å². The van der Waals surface area contributed by atoms with E-state index in [4.69, 9.17) is 10.5 Å². The summed E-state index contributed by atoms with van der Waals surface area (Å²) in [6, 6.07) is 12.3. The van der Waals surface area contributed by atoms with Crippen molar-refractivity contribution in [2.45, 2.75) is 26.3 Å². The molecule has 0 saturated heterocycles. The van der Waals surface area contributed by atoms with Crippen LogP contribution in [-0.2, 0) is 6.54 Å². The van der Waals surface area contributed by atoms with Gasteiger partial charge >= 0.3 is 0 Å². The molecule has 2 nitrogen and oxygen atoms in total. The SMILES string of the molecule is CC(C)c1cccc(Oc2ccc(F)cc2CN)c1. The summed E-state index contributed by atoms with van der Waals surface area (Å²) in [5, 5.41) is 0. The molecule has 0 amide bonds. The number of hydrogen-bond acceptors (Lipinski definition) is 2. The summed E-state index contributed by atoms with van der Waals surface area (Å²) in [5.41, 5.74) is 7.47. The lowest BCUT2D eigenvalue weighted by Crippen LogP contribution is -2.00. The fourth-order valence-corrected chi connectivity index (χ4v) is 1.87. The molecule has 0 spiro atoms. The number of ether oxygens (including phenoxy) is 1. The first-order valence-corrected chi connectivity index (χ1v) is 6.36. The van der Waals surface area contributed by atoms with Gasteiger partial charge in [-0.1, -0.05) is 26.0 Å². The van der Waals surface area contributed by atoms with E-state index in [0.717, 1.165) is 5.75 Å². The molecule has 0 heterocycles. The highest BCUT2D eigenvalue weighted by atomic mass is 19.1. The van der Waals surface area contributed by atoms with Crippen LogP contribution >= 0.6 is 0 Å². The molecule has 0 aliphatic rings. The Morgan fingerprint density at radius 1 is 1.16 bits per heavy atom. The molecule has 0 aliphatic carbocycles. The number of benzene rings is 2. The van der Waals surface area contributed by atoms with E-state index in [0.29, 0.717) is 17.2 Å². The van der Waals surface area contributed by atoms with Gasteiger partial charge in [0.2, 0.25) is 0 Å².